The van der Waals surface area contributed by atoms with E-state index in [1.807, 2.05) is 6.08 Å². The van der Waals surface area contributed by atoms with Gasteiger partial charge in [-0.25, -0.2) is 0 Å². The number of hydrogen-bond donors (Lipinski definition) is 2. The maximum absolute atomic E-state index is 10.8. The van der Waals surface area contributed by atoms with Crippen molar-refractivity contribution in [2.45, 2.75) is 20.4 Å². The Morgan fingerprint density at radius 3 is 2.57 bits per heavy atom. The van der Waals surface area contributed by atoms with Crippen LogP contribution in [-0.2, 0) is 4.79 Å². The number of carboxylic acid groups (broad SMARTS) is 1. The van der Waals surface area contributed by atoms with Crippen LogP contribution in [0.4, 0.5) is 0 Å². The lowest BCUT2D eigenvalue weighted by Crippen LogP contribution is -2.36. The zero-order valence-corrected chi connectivity index (χ0v) is 20.2. The quantitative estimate of drug-likeness (QED) is 0.310. The highest BCUT2D eigenvalue weighted by Crippen LogP contribution is 2.45. The molecule has 124 valence electrons. The largest absolute Gasteiger partial charge is 0.507 e. The van der Waals surface area contributed by atoms with Crippen LogP contribution in [0.1, 0.15) is 12.8 Å². The molecule has 1 unspecified atom stereocenters. The first kappa shape index (κ1) is 20.0. The Hall–Kier alpha value is 0.690. The molecule has 8 heteroatoms. The lowest BCUT2D eigenvalue weighted by atomic mass is 10.0. The van der Waals surface area contributed by atoms with E-state index in [1.165, 1.54) is 0 Å². The molecule has 2 rings (SSSR count). The number of carboxylic acids is 1. The summed E-state index contributed by atoms with van der Waals surface area (Å²) < 4.78 is 7.58. The number of benzene rings is 1. The average molecular weight is 764 g/mol. The summed E-state index contributed by atoms with van der Waals surface area (Å²) in [4.78, 5) is 10.8. The van der Waals surface area contributed by atoms with E-state index in [0.29, 0.717) is 12.2 Å². The van der Waals surface area contributed by atoms with Crippen molar-refractivity contribution in [3.8, 4) is 11.5 Å². The van der Waals surface area contributed by atoms with Crippen LogP contribution in [0.15, 0.2) is 39.5 Å². The minimum atomic E-state index is -0.793. The number of allylic oxidation sites excluding steroid dienone is 2. The number of halogens is 4. The van der Waals surface area contributed by atoms with E-state index in [1.54, 1.807) is 18.2 Å². The third kappa shape index (κ3) is 5.59. The average Bonchev–Trinajstić information content (AvgIpc) is 2.44. The smallest absolute Gasteiger partial charge is 0.303 e. The highest BCUT2D eigenvalue weighted by Gasteiger charge is 2.38. The normalized spacial score (nSPS) is 19.7. The van der Waals surface area contributed by atoms with Crippen molar-refractivity contribution in [2.75, 3.05) is 0 Å². The van der Waals surface area contributed by atoms with Gasteiger partial charge in [0.1, 0.15) is 12.9 Å². The first-order chi connectivity index (χ1) is 10.7. The molecule has 0 aliphatic heterocycles. The lowest BCUT2D eigenvalue weighted by molar-refractivity contribution is -0.136. The molecule has 0 aromatic heterocycles. The summed E-state index contributed by atoms with van der Waals surface area (Å²) in [7, 11) is 0. The van der Waals surface area contributed by atoms with Gasteiger partial charge in [0.25, 0.3) is 0 Å². The predicted molar refractivity (Wildman–Crippen MR) is 123 cm³/mol. The van der Waals surface area contributed by atoms with Crippen LogP contribution in [0.2, 0.25) is 0 Å². The van der Waals surface area contributed by atoms with Crippen molar-refractivity contribution in [3.05, 3.63) is 43.1 Å². The van der Waals surface area contributed by atoms with Gasteiger partial charge in [-0.05, 0) is 81.5 Å². The number of rotatable bonds is 5. The SMILES string of the molecule is O=C(O)CCC1=CC(I)(I)C(Oc2ccc(O)c(I)c2)C(I)=C1. The van der Waals surface area contributed by atoms with E-state index in [-0.39, 0.29) is 19.7 Å². The number of aromatic hydroxyl groups is 1. The van der Waals surface area contributed by atoms with Crippen molar-refractivity contribution in [1.29, 1.82) is 0 Å². The molecule has 0 fully saturated rings. The van der Waals surface area contributed by atoms with E-state index in [0.717, 1.165) is 12.7 Å². The Balaban J connectivity index is 2.19. The Labute approximate surface area is 188 Å². The first-order valence-electron chi connectivity index (χ1n) is 6.52. The van der Waals surface area contributed by atoms with Gasteiger partial charge in [0.15, 0.2) is 6.10 Å². The molecule has 1 aromatic carbocycles. The summed E-state index contributed by atoms with van der Waals surface area (Å²) in [5.74, 6) is 0.136. The number of phenolic OH excluding ortho intramolecular Hbond substituents is 1. The molecule has 0 saturated heterocycles. The molecule has 4 nitrogen and oxygen atoms in total. The van der Waals surface area contributed by atoms with Crippen molar-refractivity contribution >= 4 is 96.3 Å². The van der Waals surface area contributed by atoms with E-state index in [2.05, 4.69) is 96.4 Å². The highest BCUT2D eigenvalue weighted by molar-refractivity contribution is 14.2. The predicted octanol–water partition coefficient (Wildman–Crippen LogP) is 5.43. The van der Waals surface area contributed by atoms with Crippen LogP contribution in [0.25, 0.3) is 0 Å². The fourth-order valence-electron chi connectivity index (χ4n) is 2.03. The summed E-state index contributed by atoms with van der Waals surface area (Å²) in [6.07, 6.45) is 4.53. The number of carbonyl (C=O) groups is 1. The van der Waals surface area contributed by atoms with E-state index in [9.17, 15) is 9.90 Å². The Bertz CT molecular complexity index is 682. The summed E-state index contributed by atoms with van der Waals surface area (Å²) in [5, 5.41) is 18.4. The Morgan fingerprint density at radius 2 is 2.00 bits per heavy atom. The molecule has 23 heavy (non-hydrogen) atoms. The Morgan fingerprint density at radius 1 is 1.30 bits per heavy atom. The van der Waals surface area contributed by atoms with Gasteiger partial charge in [0, 0.05) is 10.0 Å². The molecule has 0 amide bonds. The summed E-state index contributed by atoms with van der Waals surface area (Å²) in [6.45, 7) is 0. The molecule has 1 aromatic rings. The zero-order valence-electron chi connectivity index (χ0n) is 11.6. The standard InChI is InChI=1S/C15H12I4O4/c16-10-6-9(2-3-12(10)20)23-14-11(17)5-8(1-4-13(21)22)7-15(14,18)19/h2-3,5-7,14,20H,1,4H2,(H,21,22). The summed E-state index contributed by atoms with van der Waals surface area (Å²) in [6, 6.07) is 5.16. The van der Waals surface area contributed by atoms with E-state index in [4.69, 9.17) is 9.84 Å². The third-order valence-electron chi connectivity index (χ3n) is 3.10. The molecule has 2 N–H and O–H groups in total. The molecule has 0 spiro atoms. The molecule has 0 saturated carbocycles. The van der Waals surface area contributed by atoms with E-state index < -0.39 is 5.97 Å². The van der Waals surface area contributed by atoms with Crippen LogP contribution in [-0.4, -0.2) is 23.7 Å². The van der Waals surface area contributed by atoms with Crippen molar-refractivity contribution in [1.82, 2.24) is 0 Å². The van der Waals surface area contributed by atoms with Gasteiger partial charge < -0.3 is 14.9 Å². The number of ether oxygens (including phenoxy) is 1. The van der Waals surface area contributed by atoms with E-state index >= 15 is 0 Å². The van der Waals surface area contributed by atoms with Gasteiger partial charge in [-0.15, -0.1) is 0 Å². The monoisotopic (exact) mass is 764 g/mol. The van der Waals surface area contributed by atoms with Crippen molar-refractivity contribution in [2.24, 2.45) is 0 Å². The van der Waals surface area contributed by atoms with Crippen LogP contribution < -0.4 is 4.74 Å². The van der Waals surface area contributed by atoms with Gasteiger partial charge in [-0.3, -0.25) is 4.79 Å². The number of aliphatic carboxylic acids is 1. The summed E-state index contributed by atoms with van der Waals surface area (Å²) >= 11 is 8.95. The second kappa shape index (κ2) is 8.38. The summed E-state index contributed by atoms with van der Waals surface area (Å²) in [5.41, 5.74) is 1.01. The molecule has 0 radical (unpaired) electrons. The minimum Gasteiger partial charge on any atom is -0.507 e. The van der Waals surface area contributed by atoms with Gasteiger partial charge in [0.05, 0.1) is 3.57 Å². The van der Waals surface area contributed by atoms with Crippen LogP contribution in [0.3, 0.4) is 0 Å². The van der Waals surface area contributed by atoms with Gasteiger partial charge in [0.2, 0.25) is 0 Å². The first-order valence-corrected chi connectivity index (χ1v) is 10.8. The topological polar surface area (TPSA) is 66.8 Å². The van der Waals surface area contributed by atoms with Gasteiger partial charge in [-0.1, -0.05) is 51.3 Å². The fraction of sp³-hybridized carbons (Fsp3) is 0.267. The van der Waals surface area contributed by atoms with Gasteiger partial charge in [-0.2, -0.15) is 0 Å². The molecular formula is C15H12I4O4. The highest BCUT2D eigenvalue weighted by atomic mass is 127. The molecule has 0 heterocycles. The second-order valence-corrected chi connectivity index (χ2v) is 13.0. The molecular weight excluding hydrogens is 752 g/mol. The zero-order chi connectivity index (χ0) is 17.2. The van der Waals surface area contributed by atoms with Crippen LogP contribution in [0, 0.1) is 3.57 Å². The fourth-order valence-corrected chi connectivity index (χ4v) is 6.45. The molecule has 1 aliphatic rings. The van der Waals surface area contributed by atoms with Crippen molar-refractivity contribution < 1.29 is 19.7 Å². The lowest BCUT2D eigenvalue weighted by Gasteiger charge is -2.33. The Kier molecular flexibility index (Phi) is 7.29. The van der Waals surface area contributed by atoms with Crippen molar-refractivity contribution in [3.63, 3.8) is 0 Å². The maximum atomic E-state index is 10.8. The number of alkyl halides is 2. The molecule has 1 atom stereocenters. The minimum absolute atomic E-state index is 0.122. The van der Waals surface area contributed by atoms with Crippen LogP contribution >= 0.6 is 90.4 Å². The van der Waals surface area contributed by atoms with Crippen LogP contribution in [0.5, 0.6) is 11.5 Å². The molecule has 1 aliphatic carbocycles. The second-order valence-electron chi connectivity index (χ2n) is 4.93. The maximum Gasteiger partial charge on any atom is 0.303 e. The third-order valence-corrected chi connectivity index (χ3v) is 6.60. The number of hydrogen-bond acceptors (Lipinski definition) is 3. The number of phenols is 1. The molecule has 0 bridgehead atoms. The van der Waals surface area contributed by atoms with Gasteiger partial charge >= 0.3 is 5.97 Å².